The summed E-state index contributed by atoms with van der Waals surface area (Å²) in [5, 5.41) is 0. The van der Waals surface area contributed by atoms with Crippen LogP contribution >= 0.6 is 0 Å². The summed E-state index contributed by atoms with van der Waals surface area (Å²) in [7, 11) is 0. The molecule has 2 aliphatic rings. The zero-order valence-corrected chi connectivity index (χ0v) is 11.6. The van der Waals surface area contributed by atoms with Crippen molar-refractivity contribution in [1.82, 2.24) is 0 Å². The monoisotopic (exact) mass is 301 g/mol. The van der Waals surface area contributed by atoms with E-state index in [2.05, 4.69) is 4.90 Å². The predicted molar refractivity (Wildman–Crippen MR) is 72.1 cm³/mol. The largest absolute Gasteiger partial charge is 0.416 e. The van der Waals surface area contributed by atoms with E-state index in [4.69, 9.17) is 9.47 Å². The number of hydrogen-bond donors (Lipinski definition) is 0. The highest BCUT2D eigenvalue weighted by atomic mass is 19.4. The smallest absolute Gasteiger partial charge is 0.371 e. The van der Waals surface area contributed by atoms with Crippen molar-refractivity contribution in [3.05, 3.63) is 29.8 Å². The van der Waals surface area contributed by atoms with Gasteiger partial charge in [0, 0.05) is 24.7 Å². The highest BCUT2D eigenvalue weighted by Gasteiger charge is 2.32. The van der Waals surface area contributed by atoms with E-state index >= 15 is 0 Å². The molecule has 0 aromatic heterocycles. The molecule has 0 aliphatic carbocycles. The number of anilines is 1. The summed E-state index contributed by atoms with van der Waals surface area (Å²) in [6.07, 6.45) is -2.42. The van der Waals surface area contributed by atoms with Crippen molar-refractivity contribution in [3.63, 3.8) is 0 Å². The molecule has 0 unspecified atom stereocenters. The first kappa shape index (κ1) is 14.7. The summed E-state index contributed by atoms with van der Waals surface area (Å²) in [4.78, 5) is 2.11. The summed E-state index contributed by atoms with van der Waals surface area (Å²) in [6.45, 7) is 2.87. The van der Waals surface area contributed by atoms with Crippen molar-refractivity contribution in [2.24, 2.45) is 5.92 Å². The number of piperidine rings is 1. The van der Waals surface area contributed by atoms with E-state index in [-0.39, 0.29) is 12.2 Å². The van der Waals surface area contributed by atoms with Crippen LogP contribution < -0.4 is 4.90 Å². The summed E-state index contributed by atoms with van der Waals surface area (Å²) < 4.78 is 48.8. The van der Waals surface area contributed by atoms with Crippen molar-refractivity contribution in [2.75, 3.05) is 31.2 Å². The zero-order valence-electron chi connectivity index (χ0n) is 11.6. The summed E-state index contributed by atoms with van der Waals surface area (Å²) in [6, 6.07) is 5.37. The maximum Gasteiger partial charge on any atom is 0.416 e. The van der Waals surface area contributed by atoms with Gasteiger partial charge in [-0.3, -0.25) is 0 Å². The minimum absolute atomic E-state index is 0.165. The Hall–Kier alpha value is -1.27. The second-order valence-electron chi connectivity index (χ2n) is 5.50. The molecular weight excluding hydrogens is 283 g/mol. The molecule has 0 N–H and O–H groups in total. The number of nitrogens with zero attached hydrogens (tertiary/aromatic N) is 1. The Bertz CT molecular complexity index is 469. The second-order valence-corrected chi connectivity index (χ2v) is 5.50. The predicted octanol–water partition coefficient (Wildman–Crippen LogP) is 3.29. The molecule has 6 heteroatoms. The highest BCUT2D eigenvalue weighted by molar-refractivity contribution is 5.48. The van der Waals surface area contributed by atoms with Crippen LogP contribution in [-0.4, -0.2) is 32.6 Å². The quantitative estimate of drug-likeness (QED) is 0.836. The molecule has 1 atom stereocenters. The van der Waals surface area contributed by atoms with Crippen LogP contribution in [0.2, 0.25) is 0 Å². The molecule has 0 spiro atoms. The van der Waals surface area contributed by atoms with Crippen LogP contribution in [0.5, 0.6) is 0 Å². The lowest BCUT2D eigenvalue weighted by Gasteiger charge is -2.36. The summed E-state index contributed by atoms with van der Waals surface area (Å²) >= 11 is 0. The van der Waals surface area contributed by atoms with Gasteiger partial charge in [0.15, 0.2) is 6.29 Å². The summed E-state index contributed by atoms with van der Waals surface area (Å²) in [5.74, 6) is 0.281. The van der Waals surface area contributed by atoms with E-state index in [1.54, 1.807) is 12.1 Å². The number of ether oxygens (including phenoxy) is 2. The normalized spacial score (nSPS) is 24.5. The standard InChI is InChI=1S/C15H18F3NO2/c16-15(17,18)12-3-5-13(6-4-12)19-7-1-2-11(10-19)14-20-8-9-21-14/h3-6,11,14H,1-2,7-10H2/t11-/m0/s1. The minimum atomic E-state index is -4.28. The van der Waals surface area contributed by atoms with E-state index in [1.165, 1.54) is 0 Å². The first-order chi connectivity index (χ1) is 10.0. The van der Waals surface area contributed by atoms with Gasteiger partial charge in [0.2, 0.25) is 0 Å². The third kappa shape index (κ3) is 3.32. The van der Waals surface area contributed by atoms with Crippen LogP contribution in [0.1, 0.15) is 18.4 Å². The van der Waals surface area contributed by atoms with E-state index < -0.39 is 11.7 Å². The van der Waals surface area contributed by atoms with Crippen LogP contribution in [0.3, 0.4) is 0 Å². The van der Waals surface area contributed by atoms with Gasteiger partial charge < -0.3 is 14.4 Å². The average Bonchev–Trinajstić information content (AvgIpc) is 3.01. The van der Waals surface area contributed by atoms with Crippen molar-refractivity contribution in [2.45, 2.75) is 25.3 Å². The molecule has 2 heterocycles. The van der Waals surface area contributed by atoms with Crippen LogP contribution in [0, 0.1) is 5.92 Å². The molecule has 1 aromatic carbocycles. The molecule has 3 rings (SSSR count). The van der Waals surface area contributed by atoms with Gasteiger partial charge in [0.05, 0.1) is 18.8 Å². The minimum Gasteiger partial charge on any atom is -0.371 e. The van der Waals surface area contributed by atoms with E-state index in [0.29, 0.717) is 13.2 Å². The number of hydrogen-bond acceptors (Lipinski definition) is 3. The molecule has 0 saturated carbocycles. The fraction of sp³-hybridized carbons (Fsp3) is 0.600. The number of benzene rings is 1. The Morgan fingerprint density at radius 2 is 1.71 bits per heavy atom. The van der Waals surface area contributed by atoms with Gasteiger partial charge in [-0.15, -0.1) is 0 Å². The Morgan fingerprint density at radius 1 is 1.05 bits per heavy atom. The zero-order chi connectivity index (χ0) is 14.9. The van der Waals surface area contributed by atoms with Gasteiger partial charge in [-0.1, -0.05) is 0 Å². The Morgan fingerprint density at radius 3 is 2.33 bits per heavy atom. The third-order valence-corrected chi connectivity index (χ3v) is 4.05. The lowest BCUT2D eigenvalue weighted by atomic mass is 9.97. The van der Waals surface area contributed by atoms with Crippen LogP contribution in [-0.2, 0) is 15.7 Å². The van der Waals surface area contributed by atoms with Gasteiger partial charge in [-0.25, -0.2) is 0 Å². The maximum absolute atomic E-state index is 12.6. The first-order valence-electron chi connectivity index (χ1n) is 7.19. The van der Waals surface area contributed by atoms with Crippen LogP contribution in [0.15, 0.2) is 24.3 Å². The summed E-state index contributed by atoms with van der Waals surface area (Å²) in [5.41, 5.74) is 0.216. The van der Waals surface area contributed by atoms with Crippen LogP contribution in [0.25, 0.3) is 0 Å². The van der Waals surface area contributed by atoms with Gasteiger partial charge in [-0.2, -0.15) is 13.2 Å². The Labute approximate surface area is 121 Å². The molecule has 0 radical (unpaired) electrons. The molecule has 2 saturated heterocycles. The lowest BCUT2D eigenvalue weighted by molar-refractivity contribution is -0.137. The average molecular weight is 301 g/mol. The highest BCUT2D eigenvalue weighted by Crippen LogP contribution is 2.32. The van der Waals surface area contributed by atoms with E-state index in [9.17, 15) is 13.2 Å². The number of rotatable bonds is 2. The van der Waals surface area contributed by atoms with Crippen molar-refractivity contribution in [1.29, 1.82) is 0 Å². The Balaban J connectivity index is 1.68. The molecule has 1 aromatic rings. The van der Waals surface area contributed by atoms with Gasteiger partial charge in [-0.05, 0) is 37.1 Å². The molecule has 21 heavy (non-hydrogen) atoms. The molecule has 2 fully saturated rings. The first-order valence-corrected chi connectivity index (χ1v) is 7.19. The molecule has 0 bridgehead atoms. The topological polar surface area (TPSA) is 21.7 Å². The molecule has 116 valence electrons. The number of alkyl halides is 3. The molecule has 3 nitrogen and oxygen atoms in total. The van der Waals surface area contributed by atoms with Crippen molar-refractivity contribution >= 4 is 5.69 Å². The van der Waals surface area contributed by atoms with Gasteiger partial charge in [0.1, 0.15) is 0 Å². The fourth-order valence-electron chi connectivity index (χ4n) is 2.98. The van der Waals surface area contributed by atoms with Gasteiger partial charge in [0.25, 0.3) is 0 Å². The SMILES string of the molecule is FC(F)(F)c1ccc(N2CCC[C@H](C3OCCO3)C2)cc1. The van der Waals surface area contributed by atoms with Gasteiger partial charge >= 0.3 is 6.18 Å². The van der Waals surface area contributed by atoms with E-state index in [0.717, 1.165) is 43.8 Å². The maximum atomic E-state index is 12.6. The Kier molecular flexibility index (Phi) is 4.08. The molecule has 2 aliphatic heterocycles. The second kappa shape index (κ2) is 5.85. The number of halogens is 3. The fourth-order valence-corrected chi connectivity index (χ4v) is 2.98. The van der Waals surface area contributed by atoms with Crippen molar-refractivity contribution in [3.8, 4) is 0 Å². The molecular formula is C15H18F3NO2. The third-order valence-electron chi connectivity index (χ3n) is 4.05. The van der Waals surface area contributed by atoms with Crippen LogP contribution in [0.4, 0.5) is 18.9 Å². The van der Waals surface area contributed by atoms with Crippen molar-refractivity contribution < 1.29 is 22.6 Å². The molecule has 0 amide bonds. The van der Waals surface area contributed by atoms with E-state index in [1.807, 2.05) is 0 Å². The lowest BCUT2D eigenvalue weighted by Crippen LogP contribution is -2.40.